The minimum atomic E-state index is -0.465. The number of alkyl halides is 1. The van der Waals surface area contributed by atoms with Crippen LogP contribution < -0.4 is 0 Å². The summed E-state index contributed by atoms with van der Waals surface area (Å²) in [6.07, 6.45) is 0.416. The van der Waals surface area contributed by atoms with Crippen molar-refractivity contribution in [2.75, 3.05) is 6.61 Å². The number of hydrogen-bond acceptors (Lipinski definition) is 2. The lowest BCUT2D eigenvalue weighted by molar-refractivity contribution is -0.142. The summed E-state index contributed by atoms with van der Waals surface area (Å²) in [4.78, 5) is 10.9. The first kappa shape index (κ1) is 13.5. The van der Waals surface area contributed by atoms with Crippen molar-refractivity contribution in [1.29, 1.82) is 0 Å². The van der Waals surface area contributed by atoms with E-state index in [-0.39, 0.29) is 11.0 Å². The fourth-order valence-corrected chi connectivity index (χ4v) is 1.90. The van der Waals surface area contributed by atoms with Crippen LogP contribution in [0.4, 0.5) is 4.39 Å². The van der Waals surface area contributed by atoms with Gasteiger partial charge < -0.3 is 4.74 Å². The van der Waals surface area contributed by atoms with Gasteiger partial charge in [0.05, 0.1) is 11.6 Å². The molecular formula is C11H11BrClFO2. The van der Waals surface area contributed by atoms with E-state index in [2.05, 4.69) is 15.9 Å². The van der Waals surface area contributed by atoms with E-state index >= 15 is 0 Å². The fourth-order valence-electron chi connectivity index (χ4n) is 1.19. The standard InChI is InChI=1S/C11H11BrClFO2/c1-2-16-11(15)8(12)5-7-3-4-10(14)9(13)6-7/h3-4,6,8H,2,5H2,1H3. The van der Waals surface area contributed by atoms with E-state index < -0.39 is 10.6 Å². The Hall–Kier alpha value is -0.610. The van der Waals surface area contributed by atoms with Gasteiger partial charge in [-0.1, -0.05) is 33.6 Å². The number of hydrogen-bond donors (Lipinski definition) is 0. The van der Waals surface area contributed by atoms with Crippen molar-refractivity contribution in [2.45, 2.75) is 18.2 Å². The SMILES string of the molecule is CCOC(=O)C(Br)Cc1ccc(F)c(Cl)c1. The molecular weight excluding hydrogens is 298 g/mol. The van der Waals surface area contributed by atoms with E-state index in [1.807, 2.05) is 0 Å². The predicted octanol–water partition coefficient (Wildman–Crippen LogP) is 3.35. The van der Waals surface area contributed by atoms with E-state index in [4.69, 9.17) is 16.3 Å². The van der Waals surface area contributed by atoms with Gasteiger partial charge in [-0.05, 0) is 31.0 Å². The van der Waals surface area contributed by atoms with Crippen LogP contribution in [0.3, 0.4) is 0 Å². The molecule has 0 radical (unpaired) electrons. The number of esters is 1. The zero-order valence-corrected chi connectivity index (χ0v) is 11.0. The van der Waals surface area contributed by atoms with Gasteiger partial charge in [0.25, 0.3) is 0 Å². The van der Waals surface area contributed by atoms with E-state index in [0.717, 1.165) is 5.56 Å². The summed E-state index contributed by atoms with van der Waals surface area (Å²) in [5.74, 6) is -0.796. The summed E-state index contributed by atoms with van der Waals surface area (Å²) < 4.78 is 17.7. The zero-order valence-electron chi connectivity index (χ0n) is 8.67. The third-order valence-electron chi connectivity index (χ3n) is 1.94. The molecule has 0 aliphatic heterocycles. The molecule has 0 fully saturated rings. The van der Waals surface area contributed by atoms with Crippen LogP contribution in [0, 0.1) is 5.82 Å². The third kappa shape index (κ3) is 3.76. The lowest BCUT2D eigenvalue weighted by atomic mass is 10.1. The Bertz CT molecular complexity index is 384. The first-order chi connectivity index (χ1) is 7.54. The largest absolute Gasteiger partial charge is 0.465 e. The second kappa shape index (κ2) is 6.21. The van der Waals surface area contributed by atoms with Crippen molar-refractivity contribution in [3.63, 3.8) is 0 Å². The topological polar surface area (TPSA) is 26.3 Å². The van der Waals surface area contributed by atoms with Crippen LogP contribution in [-0.2, 0) is 16.0 Å². The van der Waals surface area contributed by atoms with Crippen LogP contribution in [0.1, 0.15) is 12.5 Å². The molecule has 0 aliphatic carbocycles. The van der Waals surface area contributed by atoms with Gasteiger partial charge in [0.15, 0.2) is 0 Å². The van der Waals surface area contributed by atoms with Crippen molar-refractivity contribution >= 4 is 33.5 Å². The number of carbonyl (C=O) groups is 1. The quantitative estimate of drug-likeness (QED) is 0.630. The Balaban J connectivity index is 2.66. The molecule has 1 aromatic carbocycles. The second-order valence-electron chi connectivity index (χ2n) is 3.17. The van der Waals surface area contributed by atoms with Gasteiger partial charge in [-0.3, -0.25) is 4.79 Å². The molecule has 0 bridgehead atoms. The minimum absolute atomic E-state index is 0.0565. The normalized spacial score (nSPS) is 12.2. The molecule has 2 nitrogen and oxygen atoms in total. The number of halogens is 3. The van der Waals surface area contributed by atoms with Crippen molar-refractivity contribution in [3.8, 4) is 0 Å². The summed E-state index contributed by atoms with van der Waals surface area (Å²) in [5, 5.41) is 0.0565. The molecule has 0 N–H and O–H groups in total. The third-order valence-corrected chi connectivity index (χ3v) is 2.93. The van der Waals surface area contributed by atoms with Gasteiger partial charge in [-0.15, -0.1) is 0 Å². The first-order valence-corrected chi connectivity index (χ1v) is 6.08. The second-order valence-corrected chi connectivity index (χ2v) is 4.68. The Morgan fingerprint density at radius 2 is 2.31 bits per heavy atom. The maximum Gasteiger partial charge on any atom is 0.320 e. The van der Waals surface area contributed by atoms with E-state index in [1.165, 1.54) is 12.1 Å². The van der Waals surface area contributed by atoms with E-state index in [0.29, 0.717) is 13.0 Å². The minimum Gasteiger partial charge on any atom is -0.465 e. The van der Waals surface area contributed by atoms with Gasteiger partial charge in [0.2, 0.25) is 0 Å². The van der Waals surface area contributed by atoms with Crippen LogP contribution in [-0.4, -0.2) is 17.4 Å². The highest BCUT2D eigenvalue weighted by molar-refractivity contribution is 9.10. The Morgan fingerprint density at radius 1 is 1.62 bits per heavy atom. The molecule has 5 heteroatoms. The molecule has 0 heterocycles. The summed E-state index contributed by atoms with van der Waals surface area (Å²) in [7, 11) is 0. The Kier molecular flexibility index (Phi) is 5.22. The van der Waals surface area contributed by atoms with Gasteiger partial charge in [0.1, 0.15) is 10.6 Å². The summed E-state index contributed by atoms with van der Waals surface area (Å²) in [5.41, 5.74) is 0.779. The van der Waals surface area contributed by atoms with Gasteiger partial charge in [-0.25, -0.2) is 4.39 Å². The van der Waals surface area contributed by atoms with E-state index in [9.17, 15) is 9.18 Å². The smallest absolute Gasteiger partial charge is 0.320 e. The monoisotopic (exact) mass is 308 g/mol. The van der Waals surface area contributed by atoms with E-state index in [1.54, 1.807) is 13.0 Å². The molecule has 1 atom stereocenters. The molecule has 0 amide bonds. The highest BCUT2D eigenvalue weighted by atomic mass is 79.9. The average molecular weight is 310 g/mol. The molecule has 0 saturated carbocycles. The predicted molar refractivity (Wildman–Crippen MR) is 64.5 cm³/mol. The summed E-state index contributed by atoms with van der Waals surface area (Å²) in [6.45, 7) is 2.08. The fraction of sp³-hybridized carbons (Fsp3) is 0.364. The average Bonchev–Trinajstić information content (AvgIpc) is 2.24. The number of benzene rings is 1. The summed E-state index contributed by atoms with van der Waals surface area (Å²) in [6, 6.07) is 4.38. The highest BCUT2D eigenvalue weighted by Gasteiger charge is 2.16. The van der Waals surface area contributed by atoms with Gasteiger partial charge >= 0.3 is 5.97 Å². The van der Waals surface area contributed by atoms with Crippen LogP contribution in [0.2, 0.25) is 5.02 Å². The molecule has 0 aromatic heterocycles. The van der Waals surface area contributed by atoms with Crippen molar-refractivity contribution in [1.82, 2.24) is 0 Å². The van der Waals surface area contributed by atoms with Gasteiger partial charge in [-0.2, -0.15) is 0 Å². The Labute approximate surface area is 107 Å². The first-order valence-electron chi connectivity index (χ1n) is 4.79. The van der Waals surface area contributed by atoms with Crippen molar-refractivity contribution < 1.29 is 13.9 Å². The summed E-state index contributed by atoms with van der Waals surface area (Å²) >= 11 is 8.84. The van der Waals surface area contributed by atoms with Crippen LogP contribution >= 0.6 is 27.5 Å². The molecule has 1 aromatic rings. The molecule has 1 unspecified atom stereocenters. The lowest BCUT2D eigenvalue weighted by Gasteiger charge is -2.09. The van der Waals surface area contributed by atoms with Crippen molar-refractivity contribution in [2.24, 2.45) is 0 Å². The number of ether oxygens (including phenoxy) is 1. The maximum absolute atomic E-state index is 12.9. The molecule has 88 valence electrons. The lowest BCUT2D eigenvalue weighted by Crippen LogP contribution is -2.19. The molecule has 16 heavy (non-hydrogen) atoms. The molecule has 0 spiro atoms. The zero-order chi connectivity index (χ0) is 12.1. The number of carbonyl (C=O) groups excluding carboxylic acids is 1. The molecule has 0 aliphatic rings. The molecule has 0 saturated heterocycles. The Morgan fingerprint density at radius 3 is 2.88 bits per heavy atom. The number of rotatable bonds is 4. The van der Waals surface area contributed by atoms with Gasteiger partial charge in [0, 0.05) is 0 Å². The van der Waals surface area contributed by atoms with Crippen LogP contribution in [0.5, 0.6) is 0 Å². The molecule has 1 rings (SSSR count). The highest BCUT2D eigenvalue weighted by Crippen LogP contribution is 2.19. The van der Waals surface area contributed by atoms with Crippen LogP contribution in [0.25, 0.3) is 0 Å². The van der Waals surface area contributed by atoms with Crippen LogP contribution in [0.15, 0.2) is 18.2 Å². The van der Waals surface area contributed by atoms with Crippen molar-refractivity contribution in [3.05, 3.63) is 34.6 Å². The maximum atomic E-state index is 12.9.